The highest BCUT2D eigenvalue weighted by atomic mass is 19.2. The maximum Gasteiger partial charge on any atom is 0.251 e. The van der Waals surface area contributed by atoms with Crippen LogP contribution in [0.1, 0.15) is 27.0 Å². The number of nitrogens with zero attached hydrogens (tertiary/aromatic N) is 1. The maximum atomic E-state index is 13.5. The minimum absolute atomic E-state index is 0.155. The zero-order chi connectivity index (χ0) is 20.9. The Hall–Kier alpha value is -3.25. The van der Waals surface area contributed by atoms with E-state index in [1.807, 2.05) is 42.5 Å². The second-order valence-electron chi connectivity index (χ2n) is 7.30. The number of fused-ring (bicyclic) bond motifs is 1. The summed E-state index contributed by atoms with van der Waals surface area (Å²) in [4.78, 5) is 14.7. The summed E-state index contributed by atoms with van der Waals surface area (Å²) >= 11 is 0. The third-order valence-corrected chi connectivity index (χ3v) is 5.07. The number of benzene rings is 3. The number of hydrogen-bond donors (Lipinski definition) is 1. The van der Waals surface area contributed by atoms with Crippen LogP contribution in [0.15, 0.2) is 66.7 Å². The van der Waals surface area contributed by atoms with Crippen LogP contribution in [0, 0.1) is 11.6 Å². The summed E-state index contributed by atoms with van der Waals surface area (Å²) in [6, 6.07) is 19.1. The molecule has 0 atom stereocenters. The van der Waals surface area contributed by atoms with Crippen molar-refractivity contribution in [2.24, 2.45) is 0 Å². The SMILES string of the molecule is O=C(NCc1ccccc1)c1ccc2c(c1)CN(Cc1ccc(F)c(F)c1)CCO2. The molecule has 0 saturated carbocycles. The Bertz CT molecular complexity index is 1040. The molecule has 3 aromatic rings. The van der Waals surface area contributed by atoms with Crippen molar-refractivity contribution < 1.29 is 18.3 Å². The number of hydrogen-bond acceptors (Lipinski definition) is 3. The van der Waals surface area contributed by atoms with Crippen molar-refractivity contribution in [3.8, 4) is 5.75 Å². The van der Waals surface area contributed by atoms with Gasteiger partial charge in [-0.15, -0.1) is 0 Å². The number of rotatable bonds is 5. The lowest BCUT2D eigenvalue weighted by atomic mass is 10.1. The van der Waals surface area contributed by atoms with Gasteiger partial charge in [0.15, 0.2) is 11.6 Å². The molecule has 0 saturated heterocycles. The standard InChI is InChI=1S/C24H22F2N2O2/c25-21-8-6-18(12-22(21)26)15-28-10-11-30-23-9-7-19(13-20(23)16-28)24(29)27-14-17-4-2-1-3-5-17/h1-9,12-13H,10-11,14-16H2,(H,27,29). The van der Waals surface area contributed by atoms with E-state index in [4.69, 9.17) is 4.74 Å². The lowest BCUT2D eigenvalue weighted by molar-refractivity contribution is 0.0950. The lowest BCUT2D eigenvalue weighted by Crippen LogP contribution is -2.25. The zero-order valence-electron chi connectivity index (χ0n) is 16.4. The van der Waals surface area contributed by atoms with Gasteiger partial charge in [-0.1, -0.05) is 36.4 Å². The summed E-state index contributed by atoms with van der Waals surface area (Å²) in [5, 5.41) is 2.93. The molecule has 6 heteroatoms. The summed E-state index contributed by atoms with van der Waals surface area (Å²) in [6.45, 7) is 2.59. The molecule has 1 heterocycles. The van der Waals surface area contributed by atoms with Crippen molar-refractivity contribution in [2.45, 2.75) is 19.6 Å². The molecular formula is C24H22F2N2O2. The summed E-state index contributed by atoms with van der Waals surface area (Å²) in [6.07, 6.45) is 0. The fourth-order valence-corrected chi connectivity index (χ4v) is 3.50. The van der Waals surface area contributed by atoms with Crippen LogP contribution in [0.5, 0.6) is 5.75 Å². The van der Waals surface area contributed by atoms with E-state index in [1.54, 1.807) is 12.1 Å². The fourth-order valence-electron chi connectivity index (χ4n) is 3.50. The van der Waals surface area contributed by atoms with E-state index in [2.05, 4.69) is 10.2 Å². The molecule has 1 aliphatic heterocycles. The number of amides is 1. The van der Waals surface area contributed by atoms with Gasteiger partial charge >= 0.3 is 0 Å². The molecule has 30 heavy (non-hydrogen) atoms. The van der Waals surface area contributed by atoms with Gasteiger partial charge in [0.1, 0.15) is 12.4 Å². The van der Waals surface area contributed by atoms with Gasteiger partial charge in [0.25, 0.3) is 5.91 Å². The second kappa shape index (κ2) is 9.05. The van der Waals surface area contributed by atoms with Crippen molar-refractivity contribution in [3.05, 3.63) is 101 Å². The molecule has 4 nitrogen and oxygen atoms in total. The number of ether oxygens (including phenoxy) is 1. The molecule has 0 bridgehead atoms. The van der Waals surface area contributed by atoms with Gasteiger partial charge in [0.05, 0.1) is 0 Å². The molecule has 4 rings (SSSR count). The van der Waals surface area contributed by atoms with E-state index in [-0.39, 0.29) is 5.91 Å². The first kappa shape index (κ1) is 20.0. The summed E-state index contributed by atoms with van der Waals surface area (Å²) in [5.74, 6) is -1.12. The molecule has 0 aromatic heterocycles. The van der Waals surface area contributed by atoms with Gasteiger partial charge in [0.2, 0.25) is 0 Å². The van der Waals surface area contributed by atoms with Crippen molar-refractivity contribution in [1.29, 1.82) is 0 Å². The average molecular weight is 408 g/mol. The van der Waals surface area contributed by atoms with Gasteiger partial charge in [-0.2, -0.15) is 0 Å². The molecule has 1 N–H and O–H groups in total. The first-order chi connectivity index (χ1) is 14.6. The summed E-state index contributed by atoms with van der Waals surface area (Å²) in [7, 11) is 0. The van der Waals surface area contributed by atoms with E-state index in [0.29, 0.717) is 43.9 Å². The Morgan fingerprint density at radius 1 is 0.967 bits per heavy atom. The van der Waals surface area contributed by atoms with Crippen LogP contribution in [0.2, 0.25) is 0 Å². The smallest absolute Gasteiger partial charge is 0.251 e. The van der Waals surface area contributed by atoms with Crippen LogP contribution in [-0.4, -0.2) is 24.0 Å². The van der Waals surface area contributed by atoms with Crippen molar-refractivity contribution >= 4 is 5.91 Å². The van der Waals surface area contributed by atoms with Gasteiger partial charge in [0, 0.05) is 37.3 Å². The summed E-state index contributed by atoms with van der Waals surface area (Å²) in [5.41, 5.74) is 3.17. The maximum absolute atomic E-state index is 13.5. The van der Waals surface area contributed by atoms with Crippen LogP contribution in [0.25, 0.3) is 0 Å². The van der Waals surface area contributed by atoms with E-state index in [0.717, 1.165) is 22.9 Å². The third-order valence-electron chi connectivity index (χ3n) is 5.07. The molecule has 3 aromatic carbocycles. The Morgan fingerprint density at radius 2 is 1.80 bits per heavy atom. The topological polar surface area (TPSA) is 41.6 Å². The Labute approximate surface area is 174 Å². The van der Waals surface area contributed by atoms with Gasteiger partial charge < -0.3 is 10.1 Å². The van der Waals surface area contributed by atoms with Crippen LogP contribution in [0.4, 0.5) is 8.78 Å². The fraction of sp³-hybridized carbons (Fsp3) is 0.208. The first-order valence-corrected chi connectivity index (χ1v) is 9.82. The van der Waals surface area contributed by atoms with E-state index < -0.39 is 11.6 Å². The Kier molecular flexibility index (Phi) is 6.05. The molecular weight excluding hydrogens is 386 g/mol. The van der Waals surface area contributed by atoms with Crippen LogP contribution in [-0.2, 0) is 19.6 Å². The zero-order valence-corrected chi connectivity index (χ0v) is 16.4. The largest absolute Gasteiger partial charge is 0.492 e. The van der Waals surface area contributed by atoms with E-state index >= 15 is 0 Å². The van der Waals surface area contributed by atoms with Crippen molar-refractivity contribution in [3.63, 3.8) is 0 Å². The van der Waals surface area contributed by atoms with Crippen LogP contribution < -0.4 is 10.1 Å². The average Bonchev–Trinajstić information content (AvgIpc) is 2.96. The van der Waals surface area contributed by atoms with E-state index in [1.165, 1.54) is 6.07 Å². The first-order valence-electron chi connectivity index (χ1n) is 9.82. The monoisotopic (exact) mass is 408 g/mol. The van der Waals surface area contributed by atoms with Gasteiger partial charge in [-0.3, -0.25) is 9.69 Å². The quantitative estimate of drug-likeness (QED) is 0.685. The minimum Gasteiger partial charge on any atom is -0.492 e. The molecule has 0 spiro atoms. The molecule has 0 aliphatic carbocycles. The van der Waals surface area contributed by atoms with Crippen LogP contribution >= 0.6 is 0 Å². The number of nitrogens with one attached hydrogen (secondary N) is 1. The minimum atomic E-state index is -0.852. The molecule has 0 unspecified atom stereocenters. The number of carbonyl (C=O) groups excluding carboxylic acids is 1. The van der Waals surface area contributed by atoms with Crippen molar-refractivity contribution in [1.82, 2.24) is 10.2 Å². The van der Waals surface area contributed by atoms with Crippen molar-refractivity contribution in [2.75, 3.05) is 13.2 Å². The van der Waals surface area contributed by atoms with E-state index in [9.17, 15) is 13.6 Å². The van der Waals surface area contributed by atoms with Gasteiger partial charge in [-0.25, -0.2) is 8.78 Å². The van der Waals surface area contributed by atoms with Gasteiger partial charge in [-0.05, 0) is 41.5 Å². The van der Waals surface area contributed by atoms with Crippen LogP contribution in [0.3, 0.4) is 0 Å². The normalized spacial score (nSPS) is 13.8. The Balaban J connectivity index is 1.45. The second-order valence-corrected chi connectivity index (χ2v) is 7.30. The molecule has 1 aliphatic rings. The third kappa shape index (κ3) is 4.83. The lowest BCUT2D eigenvalue weighted by Gasteiger charge is -2.19. The highest BCUT2D eigenvalue weighted by molar-refractivity contribution is 5.94. The molecule has 1 amide bonds. The predicted octanol–water partition coefficient (Wildman–Crippen LogP) is 4.29. The highest BCUT2D eigenvalue weighted by Gasteiger charge is 2.18. The summed E-state index contributed by atoms with van der Waals surface area (Å²) < 4.78 is 32.5. The predicted molar refractivity (Wildman–Crippen MR) is 110 cm³/mol. The number of carbonyl (C=O) groups is 1. The Morgan fingerprint density at radius 3 is 2.60 bits per heavy atom. The number of halogens is 2. The molecule has 0 fully saturated rings. The molecule has 0 radical (unpaired) electrons. The highest BCUT2D eigenvalue weighted by Crippen LogP contribution is 2.25. The molecule has 154 valence electrons.